The summed E-state index contributed by atoms with van der Waals surface area (Å²) in [6.07, 6.45) is 7.33. The molecule has 0 saturated heterocycles. The Hall–Kier alpha value is -1.83. The van der Waals surface area contributed by atoms with Crippen LogP contribution in [0.15, 0.2) is 10.9 Å². The normalized spacial score (nSPS) is 15.0. The molecule has 0 radical (unpaired) electrons. The molecule has 1 amide bonds. The van der Waals surface area contributed by atoms with Crippen molar-refractivity contribution in [2.45, 2.75) is 51.1 Å². The van der Waals surface area contributed by atoms with E-state index in [0.29, 0.717) is 6.42 Å². The first-order chi connectivity index (χ1) is 12.0. The third-order valence-corrected chi connectivity index (χ3v) is 4.89. The van der Waals surface area contributed by atoms with Crippen LogP contribution in [-0.4, -0.2) is 46.8 Å². The molecule has 1 aliphatic carbocycles. The van der Waals surface area contributed by atoms with Gasteiger partial charge in [0.05, 0.1) is 12.8 Å². The van der Waals surface area contributed by atoms with Gasteiger partial charge in [-0.25, -0.2) is 9.48 Å². The Morgan fingerprint density at radius 3 is 2.84 bits per heavy atom. The fourth-order valence-electron chi connectivity index (χ4n) is 2.89. The van der Waals surface area contributed by atoms with Crippen molar-refractivity contribution < 1.29 is 14.3 Å². The Morgan fingerprint density at radius 2 is 2.12 bits per heavy atom. The second-order valence-electron chi connectivity index (χ2n) is 6.10. The zero-order chi connectivity index (χ0) is 18.2. The summed E-state index contributed by atoms with van der Waals surface area (Å²) in [7, 11) is 1.29. The summed E-state index contributed by atoms with van der Waals surface area (Å²) in [6, 6.07) is 0.883. The maximum Gasteiger partial charge on any atom is 0.328 e. The number of carbonyl (C=O) groups is 2. The Kier molecular flexibility index (Phi) is 7.49. The van der Waals surface area contributed by atoms with Gasteiger partial charge < -0.3 is 10.1 Å². The van der Waals surface area contributed by atoms with Crippen LogP contribution in [0, 0.1) is 0 Å². The van der Waals surface area contributed by atoms with Gasteiger partial charge in [0, 0.05) is 6.07 Å². The van der Waals surface area contributed by atoms with Crippen molar-refractivity contribution in [3.05, 3.63) is 27.7 Å². The molecule has 2 rings (SSSR count). The largest absolute Gasteiger partial charge is 0.467 e. The van der Waals surface area contributed by atoms with Crippen molar-refractivity contribution in [1.29, 1.82) is 0 Å². The second kappa shape index (κ2) is 9.60. The highest BCUT2D eigenvalue weighted by Gasteiger charge is 2.22. The summed E-state index contributed by atoms with van der Waals surface area (Å²) < 4.78 is 5.91. The van der Waals surface area contributed by atoms with Gasteiger partial charge in [0.2, 0.25) is 5.91 Å². The van der Waals surface area contributed by atoms with E-state index in [1.54, 1.807) is 17.8 Å². The smallest absolute Gasteiger partial charge is 0.328 e. The lowest BCUT2D eigenvalue weighted by Gasteiger charge is -2.16. The molecule has 1 N–H and O–H groups in total. The molecule has 0 aromatic carbocycles. The fourth-order valence-corrected chi connectivity index (χ4v) is 3.37. The number of rotatable bonds is 7. The number of ether oxygens (including phenoxy) is 1. The van der Waals surface area contributed by atoms with Crippen LogP contribution in [0.4, 0.5) is 0 Å². The van der Waals surface area contributed by atoms with Crippen LogP contribution in [0.5, 0.6) is 0 Å². The molecule has 138 valence electrons. The Balaban J connectivity index is 2.07. The second-order valence-corrected chi connectivity index (χ2v) is 7.08. The number of esters is 1. The van der Waals surface area contributed by atoms with Crippen molar-refractivity contribution in [3.8, 4) is 0 Å². The van der Waals surface area contributed by atoms with Crippen molar-refractivity contribution in [2.24, 2.45) is 0 Å². The molecule has 1 aliphatic rings. The van der Waals surface area contributed by atoms with Crippen LogP contribution in [0.2, 0.25) is 0 Å². The molecule has 25 heavy (non-hydrogen) atoms. The van der Waals surface area contributed by atoms with E-state index in [9.17, 15) is 14.4 Å². The fraction of sp³-hybridized carbons (Fsp3) is 0.647. The van der Waals surface area contributed by atoms with Crippen molar-refractivity contribution in [2.75, 3.05) is 19.1 Å². The van der Waals surface area contributed by atoms with Crippen molar-refractivity contribution in [1.82, 2.24) is 15.1 Å². The topological polar surface area (TPSA) is 90.3 Å². The molecule has 0 saturated carbocycles. The van der Waals surface area contributed by atoms with E-state index in [1.807, 2.05) is 6.26 Å². The minimum atomic E-state index is -0.707. The molecular formula is C17H25N3O4S. The number of nitrogens with zero attached hydrogens (tertiary/aromatic N) is 2. The molecule has 0 bridgehead atoms. The number of aromatic nitrogens is 2. The van der Waals surface area contributed by atoms with E-state index in [4.69, 9.17) is 4.74 Å². The monoisotopic (exact) mass is 367 g/mol. The average Bonchev–Trinajstić information content (AvgIpc) is 2.83. The Labute approximate surface area is 151 Å². The predicted octanol–water partition coefficient (Wildman–Crippen LogP) is 0.923. The Bertz CT molecular complexity index is 674. The number of carbonyl (C=O) groups excluding carboxylic acids is 2. The molecule has 0 fully saturated rings. The molecule has 7 nitrogen and oxygen atoms in total. The first-order valence-electron chi connectivity index (χ1n) is 8.51. The van der Waals surface area contributed by atoms with Crippen LogP contribution in [0.3, 0.4) is 0 Å². The lowest BCUT2D eigenvalue weighted by molar-refractivity contribution is -0.145. The molecule has 1 unspecified atom stereocenters. The lowest BCUT2D eigenvalue weighted by atomic mass is 10.1. The average molecular weight is 367 g/mol. The summed E-state index contributed by atoms with van der Waals surface area (Å²) in [6.45, 7) is -0.196. The summed E-state index contributed by atoms with van der Waals surface area (Å²) in [5, 5.41) is 7.01. The van der Waals surface area contributed by atoms with E-state index >= 15 is 0 Å². The number of methoxy groups -OCH3 is 1. The summed E-state index contributed by atoms with van der Waals surface area (Å²) in [5.41, 5.74) is 1.61. The molecule has 1 aromatic heterocycles. The zero-order valence-electron chi connectivity index (χ0n) is 14.7. The van der Waals surface area contributed by atoms with E-state index < -0.39 is 17.9 Å². The molecule has 0 spiro atoms. The van der Waals surface area contributed by atoms with E-state index in [0.717, 1.165) is 49.1 Å². The minimum Gasteiger partial charge on any atom is -0.467 e. The molecule has 1 heterocycles. The summed E-state index contributed by atoms with van der Waals surface area (Å²) in [4.78, 5) is 36.3. The molecule has 0 aliphatic heterocycles. The van der Waals surface area contributed by atoms with Gasteiger partial charge in [-0.3, -0.25) is 9.59 Å². The van der Waals surface area contributed by atoms with Crippen LogP contribution in [-0.2, 0) is 33.7 Å². The first-order valence-corrected chi connectivity index (χ1v) is 9.90. The van der Waals surface area contributed by atoms with E-state index in [2.05, 4.69) is 10.4 Å². The predicted molar refractivity (Wildman–Crippen MR) is 96.7 cm³/mol. The van der Waals surface area contributed by atoms with Crippen LogP contribution in [0.25, 0.3) is 0 Å². The van der Waals surface area contributed by atoms with Gasteiger partial charge in [0.15, 0.2) is 0 Å². The number of hydrogen-bond acceptors (Lipinski definition) is 6. The quantitative estimate of drug-likeness (QED) is 0.569. The molecular weight excluding hydrogens is 342 g/mol. The van der Waals surface area contributed by atoms with Gasteiger partial charge >= 0.3 is 5.97 Å². The van der Waals surface area contributed by atoms with Crippen molar-refractivity contribution in [3.63, 3.8) is 0 Å². The van der Waals surface area contributed by atoms with Gasteiger partial charge in [0.1, 0.15) is 12.6 Å². The molecule has 8 heteroatoms. The highest BCUT2D eigenvalue weighted by Crippen LogP contribution is 2.16. The number of nitrogens with one attached hydrogen (secondary N) is 1. The van der Waals surface area contributed by atoms with Gasteiger partial charge in [0.25, 0.3) is 5.56 Å². The van der Waals surface area contributed by atoms with Gasteiger partial charge in [-0.15, -0.1) is 0 Å². The lowest BCUT2D eigenvalue weighted by Crippen LogP contribution is -2.44. The van der Waals surface area contributed by atoms with Crippen LogP contribution in [0.1, 0.15) is 36.9 Å². The highest BCUT2D eigenvalue weighted by atomic mass is 32.2. The van der Waals surface area contributed by atoms with Gasteiger partial charge in [-0.2, -0.15) is 16.9 Å². The third kappa shape index (κ3) is 5.59. The maximum atomic E-state index is 12.3. The zero-order valence-corrected chi connectivity index (χ0v) is 15.6. The van der Waals surface area contributed by atoms with Gasteiger partial charge in [-0.05, 0) is 49.7 Å². The van der Waals surface area contributed by atoms with Crippen LogP contribution < -0.4 is 10.9 Å². The van der Waals surface area contributed by atoms with Crippen molar-refractivity contribution >= 4 is 23.6 Å². The summed E-state index contributed by atoms with van der Waals surface area (Å²) >= 11 is 1.58. The number of fused-ring (bicyclic) bond motifs is 1. The number of amides is 1. The molecule has 1 aromatic rings. The number of aryl methyl sites for hydroxylation is 2. The highest BCUT2D eigenvalue weighted by molar-refractivity contribution is 7.98. The molecule has 1 atom stereocenters. The number of hydrogen-bond donors (Lipinski definition) is 1. The maximum absolute atomic E-state index is 12.3. The third-order valence-electron chi connectivity index (χ3n) is 4.25. The number of thioether (sulfide) groups is 1. The van der Waals surface area contributed by atoms with Crippen LogP contribution >= 0.6 is 11.8 Å². The standard InChI is InChI=1S/C17H25N3O4S/c1-24-17(23)14(8-9-25-2)18-15(21)11-20-16(22)10-12-6-4-3-5-7-13(12)19-20/h10,14H,3-9,11H2,1-2H3,(H,18,21). The SMILES string of the molecule is COC(=O)C(CCSC)NC(=O)Cn1nc2c(cc1=O)CCCCC2. The first kappa shape index (κ1) is 19.5. The van der Waals surface area contributed by atoms with E-state index in [-0.39, 0.29) is 12.1 Å². The Morgan fingerprint density at radius 1 is 1.36 bits per heavy atom. The van der Waals surface area contributed by atoms with E-state index in [1.165, 1.54) is 11.8 Å². The van der Waals surface area contributed by atoms with Gasteiger partial charge in [-0.1, -0.05) is 6.42 Å². The minimum absolute atomic E-state index is 0.196. The summed E-state index contributed by atoms with van der Waals surface area (Å²) in [5.74, 6) is -0.179.